The summed E-state index contributed by atoms with van der Waals surface area (Å²) >= 11 is 0. The Labute approximate surface area is 177 Å². The minimum atomic E-state index is -0.0272. The molecule has 0 bridgehead atoms. The molecule has 1 heterocycles. The van der Waals surface area contributed by atoms with E-state index in [9.17, 15) is 4.79 Å². The van der Waals surface area contributed by atoms with Crippen molar-refractivity contribution in [2.75, 3.05) is 13.2 Å². The Bertz CT molecular complexity index is 863. The summed E-state index contributed by atoms with van der Waals surface area (Å²) in [6, 6.07) is 6.38. The fourth-order valence-electron chi connectivity index (χ4n) is 3.77. The van der Waals surface area contributed by atoms with Crippen molar-refractivity contribution in [3.63, 3.8) is 0 Å². The molecule has 2 aromatic rings. The zero-order valence-electron chi connectivity index (χ0n) is 17.8. The second kappa shape index (κ2) is 9.60. The highest BCUT2D eigenvalue weighted by Crippen LogP contribution is 2.30. The quantitative estimate of drug-likeness (QED) is 0.676. The number of hydrogen-bond donors (Lipinski definition) is 1. The molecule has 1 aromatic carbocycles. The van der Waals surface area contributed by atoms with Crippen LogP contribution in [0.4, 0.5) is 0 Å². The first-order valence-electron chi connectivity index (χ1n) is 11.0. The van der Waals surface area contributed by atoms with Crippen molar-refractivity contribution in [1.82, 2.24) is 15.3 Å². The van der Waals surface area contributed by atoms with E-state index in [1.807, 2.05) is 25.1 Å². The molecule has 7 heteroatoms. The summed E-state index contributed by atoms with van der Waals surface area (Å²) < 4.78 is 17.8. The lowest BCUT2D eigenvalue weighted by Crippen LogP contribution is -2.37. The zero-order chi connectivity index (χ0) is 20.9. The SMILES string of the molecule is CC(=O)N[C@@H](C)CO[C@H]1CC[C@H](Oc2ncc3cc(OCC4CC4)ccc3n2)CC1. The summed E-state index contributed by atoms with van der Waals surface area (Å²) in [5.41, 5.74) is 0.864. The van der Waals surface area contributed by atoms with E-state index in [0.29, 0.717) is 12.6 Å². The predicted octanol–water partition coefficient (Wildman–Crippen LogP) is 3.65. The summed E-state index contributed by atoms with van der Waals surface area (Å²) in [6.07, 6.45) is 8.38. The van der Waals surface area contributed by atoms with Gasteiger partial charge in [-0.15, -0.1) is 0 Å². The summed E-state index contributed by atoms with van der Waals surface area (Å²) in [7, 11) is 0. The summed E-state index contributed by atoms with van der Waals surface area (Å²) in [5, 5.41) is 3.80. The van der Waals surface area contributed by atoms with E-state index < -0.39 is 0 Å². The highest BCUT2D eigenvalue weighted by atomic mass is 16.5. The molecule has 1 atom stereocenters. The molecular weight excluding hydrogens is 382 g/mol. The minimum Gasteiger partial charge on any atom is -0.493 e. The monoisotopic (exact) mass is 413 g/mol. The van der Waals surface area contributed by atoms with Crippen LogP contribution < -0.4 is 14.8 Å². The van der Waals surface area contributed by atoms with Gasteiger partial charge in [-0.2, -0.15) is 4.98 Å². The van der Waals surface area contributed by atoms with E-state index in [1.165, 1.54) is 19.8 Å². The maximum absolute atomic E-state index is 11.1. The number of nitrogens with zero attached hydrogens (tertiary/aromatic N) is 2. The van der Waals surface area contributed by atoms with Crippen molar-refractivity contribution in [3.8, 4) is 11.8 Å². The van der Waals surface area contributed by atoms with Crippen LogP contribution >= 0.6 is 0 Å². The van der Waals surface area contributed by atoms with Gasteiger partial charge in [0, 0.05) is 24.5 Å². The van der Waals surface area contributed by atoms with Gasteiger partial charge < -0.3 is 19.5 Å². The highest BCUT2D eigenvalue weighted by Gasteiger charge is 2.24. The van der Waals surface area contributed by atoms with E-state index in [1.54, 1.807) is 6.20 Å². The molecule has 30 heavy (non-hydrogen) atoms. The fourth-order valence-corrected chi connectivity index (χ4v) is 3.77. The predicted molar refractivity (Wildman–Crippen MR) is 114 cm³/mol. The van der Waals surface area contributed by atoms with Crippen molar-refractivity contribution in [2.45, 2.75) is 70.6 Å². The molecule has 162 valence electrons. The summed E-state index contributed by atoms with van der Waals surface area (Å²) in [4.78, 5) is 20.0. The van der Waals surface area contributed by atoms with Crippen molar-refractivity contribution in [1.29, 1.82) is 0 Å². The van der Waals surface area contributed by atoms with Crippen LogP contribution in [-0.2, 0) is 9.53 Å². The third-order valence-corrected chi connectivity index (χ3v) is 5.64. The number of hydrogen-bond acceptors (Lipinski definition) is 6. The zero-order valence-corrected chi connectivity index (χ0v) is 17.8. The average Bonchev–Trinajstić information content (AvgIpc) is 3.56. The summed E-state index contributed by atoms with van der Waals surface area (Å²) in [6.45, 7) is 4.81. The highest BCUT2D eigenvalue weighted by molar-refractivity contribution is 5.79. The molecule has 4 rings (SSSR count). The van der Waals surface area contributed by atoms with Crippen molar-refractivity contribution >= 4 is 16.8 Å². The minimum absolute atomic E-state index is 0.0272. The maximum atomic E-state index is 11.1. The maximum Gasteiger partial charge on any atom is 0.317 e. The van der Waals surface area contributed by atoms with E-state index >= 15 is 0 Å². The van der Waals surface area contributed by atoms with Crippen LogP contribution in [0.1, 0.15) is 52.4 Å². The Morgan fingerprint density at radius 3 is 2.67 bits per heavy atom. The van der Waals surface area contributed by atoms with Crippen LogP contribution in [0.3, 0.4) is 0 Å². The largest absolute Gasteiger partial charge is 0.493 e. The lowest BCUT2D eigenvalue weighted by Gasteiger charge is -2.29. The van der Waals surface area contributed by atoms with Crippen LogP contribution in [0.5, 0.6) is 11.8 Å². The molecule has 0 saturated heterocycles. The second-order valence-electron chi connectivity index (χ2n) is 8.58. The number of aromatic nitrogens is 2. The Hall–Kier alpha value is -2.41. The van der Waals surface area contributed by atoms with Crippen molar-refractivity contribution in [3.05, 3.63) is 24.4 Å². The van der Waals surface area contributed by atoms with E-state index in [-0.39, 0.29) is 24.2 Å². The molecule has 2 fully saturated rings. The molecule has 2 saturated carbocycles. The third-order valence-electron chi connectivity index (χ3n) is 5.64. The fraction of sp³-hybridized carbons (Fsp3) is 0.609. The van der Waals surface area contributed by atoms with Crippen LogP contribution in [0, 0.1) is 5.92 Å². The molecule has 1 N–H and O–H groups in total. The lowest BCUT2D eigenvalue weighted by molar-refractivity contribution is -0.120. The molecule has 0 aliphatic heterocycles. The number of fused-ring (bicyclic) bond motifs is 1. The number of rotatable bonds is 9. The molecule has 0 unspecified atom stereocenters. The van der Waals surface area contributed by atoms with Gasteiger partial charge in [-0.05, 0) is 69.6 Å². The van der Waals surface area contributed by atoms with Gasteiger partial charge in [0.2, 0.25) is 5.91 Å². The van der Waals surface area contributed by atoms with Gasteiger partial charge in [-0.25, -0.2) is 4.98 Å². The van der Waals surface area contributed by atoms with E-state index in [0.717, 1.165) is 54.9 Å². The molecule has 1 aromatic heterocycles. The number of benzene rings is 1. The third kappa shape index (κ3) is 6.05. The number of carbonyl (C=O) groups is 1. The second-order valence-corrected chi connectivity index (χ2v) is 8.58. The van der Waals surface area contributed by atoms with Crippen LogP contribution in [0.15, 0.2) is 24.4 Å². The van der Waals surface area contributed by atoms with Crippen molar-refractivity contribution < 1.29 is 19.0 Å². The molecule has 2 aliphatic carbocycles. The molecule has 0 spiro atoms. The first-order chi connectivity index (χ1) is 14.5. The molecule has 0 radical (unpaired) electrons. The Kier molecular flexibility index (Phi) is 6.67. The smallest absolute Gasteiger partial charge is 0.317 e. The lowest BCUT2D eigenvalue weighted by atomic mass is 9.95. The molecule has 7 nitrogen and oxygen atoms in total. The Balaban J connectivity index is 1.24. The van der Waals surface area contributed by atoms with E-state index in [4.69, 9.17) is 14.2 Å². The first-order valence-corrected chi connectivity index (χ1v) is 11.0. The van der Waals surface area contributed by atoms with Crippen LogP contribution in [-0.4, -0.2) is 47.3 Å². The van der Waals surface area contributed by atoms with Gasteiger partial charge in [0.05, 0.1) is 24.8 Å². The Morgan fingerprint density at radius 2 is 1.93 bits per heavy atom. The van der Waals surface area contributed by atoms with Crippen LogP contribution in [0.2, 0.25) is 0 Å². The topological polar surface area (TPSA) is 82.6 Å². The summed E-state index contributed by atoms with van der Waals surface area (Å²) in [5.74, 6) is 1.58. The van der Waals surface area contributed by atoms with Gasteiger partial charge in [0.25, 0.3) is 0 Å². The average molecular weight is 414 g/mol. The normalized spacial score (nSPS) is 22.5. The number of ether oxygens (including phenoxy) is 3. The van der Waals surface area contributed by atoms with Gasteiger partial charge in [0.15, 0.2) is 0 Å². The molecular formula is C23H31N3O4. The van der Waals surface area contributed by atoms with Crippen LogP contribution in [0.25, 0.3) is 10.9 Å². The number of nitrogens with one attached hydrogen (secondary N) is 1. The standard InChI is InChI=1S/C23H31N3O4/c1-15(25-16(2)27)13-28-19-5-7-20(8-6-19)30-23-24-12-18-11-21(9-10-22(18)26-23)29-14-17-3-4-17/h9-12,15,17,19-20H,3-8,13-14H2,1-2H3,(H,25,27)/t15-,19-,20-/m0/s1. The van der Waals surface area contributed by atoms with E-state index in [2.05, 4.69) is 15.3 Å². The van der Waals surface area contributed by atoms with Crippen molar-refractivity contribution in [2.24, 2.45) is 5.92 Å². The Morgan fingerprint density at radius 1 is 1.17 bits per heavy atom. The molecule has 2 aliphatic rings. The van der Waals surface area contributed by atoms with Gasteiger partial charge in [-0.3, -0.25) is 4.79 Å². The number of amides is 1. The van der Waals surface area contributed by atoms with Gasteiger partial charge in [-0.1, -0.05) is 0 Å². The first kappa shape index (κ1) is 20.8. The van der Waals surface area contributed by atoms with Gasteiger partial charge >= 0.3 is 6.01 Å². The molecule has 1 amide bonds. The van der Waals surface area contributed by atoms with Gasteiger partial charge in [0.1, 0.15) is 11.9 Å². The number of carbonyl (C=O) groups excluding carboxylic acids is 1.